The van der Waals surface area contributed by atoms with Gasteiger partial charge in [0, 0.05) is 11.1 Å². The minimum Gasteiger partial charge on any atom is -0.494 e. The van der Waals surface area contributed by atoms with Gasteiger partial charge in [0.05, 0.1) is 7.11 Å². The van der Waals surface area contributed by atoms with Crippen molar-refractivity contribution in [1.82, 2.24) is 4.98 Å². The molecule has 0 atom stereocenters. The van der Waals surface area contributed by atoms with Crippen molar-refractivity contribution in [3.8, 4) is 5.75 Å². The summed E-state index contributed by atoms with van der Waals surface area (Å²) in [6, 6.07) is 20.7. The number of pyridine rings is 1. The summed E-state index contributed by atoms with van der Waals surface area (Å²) in [7, 11) is 1.69. The average molecular weight is 263 g/mol. The molecule has 2 aromatic carbocycles. The summed E-state index contributed by atoms with van der Waals surface area (Å²) in [6.07, 6.45) is 1.95. The molecule has 0 aliphatic carbocycles. The monoisotopic (exact) mass is 263 g/mol. The molecule has 0 saturated heterocycles. The van der Waals surface area contributed by atoms with E-state index in [1.54, 1.807) is 7.11 Å². The number of hydrogen-bond acceptors (Lipinski definition) is 2. The Kier molecular flexibility index (Phi) is 3.64. The van der Waals surface area contributed by atoms with E-state index >= 15 is 0 Å². The van der Waals surface area contributed by atoms with E-state index in [1.807, 2.05) is 18.2 Å². The molecular formula is C18H17NO. The molecule has 3 rings (SSSR count). The molecule has 0 unspecified atom stereocenters. The first kappa shape index (κ1) is 12.7. The minimum atomic E-state index is 0.837. The normalized spacial score (nSPS) is 10.7. The van der Waals surface area contributed by atoms with Gasteiger partial charge in [-0.3, -0.25) is 0 Å². The van der Waals surface area contributed by atoms with E-state index in [1.165, 1.54) is 5.56 Å². The fourth-order valence-electron chi connectivity index (χ4n) is 2.38. The van der Waals surface area contributed by atoms with Crippen LogP contribution in [0.3, 0.4) is 0 Å². The van der Waals surface area contributed by atoms with Crippen molar-refractivity contribution in [3.63, 3.8) is 0 Å². The fraction of sp³-hybridized carbons (Fsp3) is 0.167. The van der Waals surface area contributed by atoms with Crippen LogP contribution in [0.4, 0.5) is 0 Å². The summed E-state index contributed by atoms with van der Waals surface area (Å²) < 4.78 is 5.38. The largest absolute Gasteiger partial charge is 0.494 e. The van der Waals surface area contributed by atoms with Gasteiger partial charge < -0.3 is 4.74 Å². The highest BCUT2D eigenvalue weighted by atomic mass is 16.5. The second-order valence-corrected chi connectivity index (χ2v) is 4.82. The van der Waals surface area contributed by atoms with Crippen molar-refractivity contribution in [2.75, 3.05) is 7.11 Å². The molecule has 0 N–H and O–H groups in total. The van der Waals surface area contributed by atoms with Gasteiger partial charge in [0.2, 0.25) is 0 Å². The fourth-order valence-corrected chi connectivity index (χ4v) is 2.38. The van der Waals surface area contributed by atoms with Crippen LogP contribution in [0, 0.1) is 0 Å². The Morgan fingerprint density at radius 1 is 0.850 bits per heavy atom. The highest BCUT2D eigenvalue weighted by molar-refractivity contribution is 5.84. The molecule has 1 heterocycles. The van der Waals surface area contributed by atoms with Crippen LogP contribution in [-0.2, 0) is 12.8 Å². The lowest BCUT2D eigenvalue weighted by atomic mass is 10.1. The van der Waals surface area contributed by atoms with Gasteiger partial charge >= 0.3 is 0 Å². The molecule has 1 aromatic heterocycles. The van der Waals surface area contributed by atoms with Crippen LogP contribution >= 0.6 is 0 Å². The highest BCUT2D eigenvalue weighted by Gasteiger charge is 2.04. The topological polar surface area (TPSA) is 22.1 Å². The third-order valence-electron chi connectivity index (χ3n) is 3.47. The summed E-state index contributed by atoms with van der Waals surface area (Å²) in [5, 5.41) is 1.12. The summed E-state index contributed by atoms with van der Waals surface area (Å²) in [5.41, 5.74) is 3.39. The van der Waals surface area contributed by atoms with Gasteiger partial charge in [-0.2, -0.15) is 0 Å². The first-order valence-electron chi connectivity index (χ1n) is 6.83. The standard InChI is InChI=1S/C18H17NO/c1-20-17-9-5-8-15-11-13-16(19-18(15)17)12-10-14-6-3-2-4-7-14/h2-9,11,13H,10,12H2,1H3. The molecule has 100 valence electrons. The van der Waals surface area contributed by atoms with E-state index in [2.05, 4.69) is 42.5 Å². The average Bonchev–Trinajstić information content (AvgIpc) is 2.53. The van der Waals surface area contributed by atoms with Gasteiger partial charge in [-0.15, -0.1) is 0 Å². The first-order chi connectivity index (χ1) is 9.86. The molecule has 2 nitrogen and oxygen atoms in total. The second kappa shape index (κ2) is 5.74. The maximum absolute atomic E-state index is 5.38. The number of benzene rings is 2. The number of hydrogen-bond donors (Lipinski definition) is 0. The molecular weight excluding hydrogens is 246 g/mol. The molecule has 0 spiro atoms. The van der Waals surface area contributed by atoms with Gasteiger partial charge in [0.1, 0.15) is 11.3 Å². The zero-order valence-electron chi connectivity index (χ0n) is 11.5. The van der Waals surface area contributed by atoms with Crippen LogP contribution in [0.5, 0.6) is 5.75 Å². The van der Waals surface area contributed by atoms with Crippen LogP contribution in [0.25, 0.3) is 10.9 Å². The molecule has 2 heteroatoms. The summed E-state index contributed by atoms with van der Waals surface area (Å²) in [4.78, 5) is 4.74. The number of aromatic nitrogens is 1. The van der Waals surface area contributed by atoms with Crippen LogP contribution in [0.1, 0.15) is 11.3 Å². The number of para-hydroxylation sites is 1. The zero-order chi connectivity index (χ0) is 13.8. The van der Waals surface area contributed by atoms with E-state index in [9.17, 15) is 0 Å². The van der Waals surface area contributed by atoms with E-state index in [4.69, 9.17) is 9.72 Å². The molecule has 0 fully saturated rings. The van der Waals surface area contributed by atoms with Crippen molar-refractivity contribution in [2.45, 2.75) is 12.8 Å². The molecule has 20 heavy (non-hydrogen) atoms. The van der Waals surface area contributed by atoms with Crippen molar-refractivity contribution >= 4 is 10.9 Å². The molecule has 0 saturated carbocycles. The Morgan fingerprint density at radius 3 is 2.50 bits per heavy atom. The van der Waals surface area contributed by atoms with E-state index < -0.39 is 0 Å². The number of ether oxygens (including phenoxy) is 1. The van der Waals surface area contributed by atoms with Gasteiger partial charge in [0.25, 0.3) is 0 Å². The summed E-state index contributed by atoms with van der Waals surface area (Å²) >= 11 is 0. The predicted molar refractivity (Wildman–Crippen MR) is 82.1 cm³/mol. The lowest BCUT2D eigenvalue weighted by Crippen LogP contribution is -1.96. The molecule has 0 aliphatic heterocycles. The highest BCUT2D eigenvalue weighted by Crippen LogP contribution is 2.23. The minimum absolute atomic E-state index is 0.837. The van der Waals surface area contributed by atoms with Crippen molar-refractivity contribution in [2.24, 2.45) is 0 Å². The van der Waals surface area contributed by atoms with Crippen LogP contribution in [0.15, 0.2) is 60.7 Å². The van der Waals surface area contributed by atoms with Gasteiger partial charge in [0.15, 0.2) is 0 Å². The molecule has 0 bridgehead atoms. The van der Waals surface area contributed by atoms with E-state index in [-0.39, 0.29) is 0 Å². The summed E-state index contributed by atoms with van der Waals surface area (Å²) in [6.45, 7) is 0. The van der Waals surface area contributed by atoms with Crippen LogP contribution < -0.4 is 4.74 Å². The Hall–Kier alpha value is -2.35. The van der Waals surface area contributed by atoms with Crippen molar-refractivity contribution < 1.29 is 4.74 Å². The smallest absolute Gasteiger partial charge is 0.145 e. The molecule has 0 amide bonds. The maximum Gasteiger partial charge on any atom is 0.145 e. The van der Waals surface area contributed by atoms with Gasteiger partial charge in [-0.1, -0.05) is 48.5 Å². The number of methoxy groups -OCH3 is 1. The number of fused-ring (bicyclic) bond motifs is 1. The van der Waals surface area contributed by atoms with Crippen LogP contribution in [-0.4, -0.2) is 12.1 Å². The lowest BCUT2D eigenvalue weighted by Gasteiger charge is -2.07. The second-order valence-electron chi connectivity index (χ2n) is 4.82. The maximum atomic E-state index is 5.38. The Labute approximate surface area is 119 Å². The third kappa shape index (κ3) is 2.64. The first-order valence-corrected chi connectivity index (χ1v) is 6.83. The lowest BCUT2D eigenvalue weighted by molar-refractivity contribution is 0.419. The molecule has 3 aromatic rings. The van der Waals surface area contributed by atoms with Crippen LogP contribution in [0.2, 0.25) is 0 Å². The number of aryl methyl sites for hydroxylation is 2. The van der Waals surface area contributed by atoms with Gasteiger partial charge in [-0.05, 0) is 30.5 Å². The Morgan fingerprint density at radius 2 is 1.70 bits per heavy atom. The Bertz CT molecular complexity index is 707. The van der Waals surface area contributed by atoms with Crippen molar-refractivity contribution in [1.29, 1.82) is 0 Å². The third-order valence-corrected chi connectivity index (χ3v) is 3.47. The quantitative estimate of drug-likeness (QED) is 0.709. The number of rotatable bonds is 4. The predicted octanol–water partition coefficient (Wildman–Crippen LogP) is 4.03. The van der Waals surface area contributed by atoms with Crippen molar-refractivity contribution in [3.05, 3.63) is 71.9 Å². The Balaban J connectivity index is 1.85. The SMILES string of the molecule is COc1cccc2ccc(CCc3ccccc3)nc12. The molecule has 0 aliphatic rings. The number of nitrogens with zero attached hydrogens (tertiary/aromatic N) is 1. The van der Waals surface area contributed by atoms with E-state index in [0.717, 1.165) is 35.2 Å². The van der Waals surface area contributed by atoms with Gasteiger partial charge in [-0.25, -0.2) is 4.98 Å². The zero-order valence-corrected chi connectivity index (χ0v) is 11.5. The molecule has 0 radical (unpaired) electrons. The summed E-state index contributed by atoms with van der Waals surface area (Å²) in [5.74, 6) is 0.837. The van der Waals surface area contributed by atoms with E-state index in [0.29, 0.717) is 0 Å².